The Bertz CT molecular complexity index is 841. The molecule has 0 aromatic heterocycles. The van der Waals surface area contributed by atoms with Gasteiger partial charge < -0.3 is 24.8 Å². The Morgan fingerprint density at radius 2 is 1.40 bits per heavy atom. The molecule has 2 aliphatic rings. The van der Waals surface area contributed by atoms with E-state index >= 15 is 0 Å². The number of hydrogen-bond acceptors (Lipinski definition) is 0. The summed E-state index contributed by atoms with van der Waals surface area (Å²) < 4.78 is 3.50. The van der Waals surface area contributed by atoms with Crippen molar-refractivity contribution >= 4 is 3.26 Å². The summed E-state index contributed by atoms with van der Waals surface area (Å²) in [6.07, 6.45) is 3.67. The Balaban J connectivity index is 0.00000113. The molecule has 127 valence electrons. The molecule has 0 aliphatic heterocycles. The number of rotatable bonds is 2. The molecule has 0 heterocycles. The first-order valence-electron chi connectivity index (χ1n) is 8.32. The van der Waals surface area contributed by atoms with E-state index in [4.69, 9.17) is 0 Å². The fourth-order valence-electron chi connectivity index (χ4n) is 4.00. The van der Waals surface area contributed by atoms with E-state index in [-0.39, 0.29) is 24.8 Å². The molecule has 2 aromatic rings. The van der Waals surface area contributed by atoms with Crippen molar-refractivity contribution in [2.75, 3.05) is 0 Å². The van der Waals surface area contributed by atoms with Crippen molar-refractivity contribution in [3.8, 4) is 11.1 Å². The van der Waals surface area contributed by atoms with Gasteiger partial charge in [0.05, 0.1) is 0 Å². The fraction of sp³-hybridized carbons (Fsp3) is 0.227. The molecular formula is C22H21Cl2Hf. The first kappa shape index (κ1) is 20.6. The zero-order valence-electron chi connectivity index (χ0n) is 14.7. The Morgan fingerprint density at radius 3 is 1.92 bits per heavy atom. The number of hydrogen-bond donors (Lipinski definition) is 0. The predicted octanol–water partition coefficient (Wildman–Crippen LogP) is -0.294. The summed E-state index contributed by atoms with van der Waals surface area (Å²) in [4.78, 5) is 0. The van der Waals surface area contributed by atoms with Crippen molar-refractivity contribution in [1.29, 1.82) is 0 Å². The van der Waals surface area contributed by atoms with Crippen molar-refractivity contribution in [2.45, 2.75) is 33.1 Å². The van der Waals surface area contributed by atoms with Gasteiger partial charge in [0.25, 0.3) is 0 Å². The molecule has 0 spiro atoms. The zero-order valence-corrected chi connectivity index (χ0v) is 19.8. The maximum atomic E-state index is 2.46. The minimum Gasteiger partial charge on any atom is -1.00 e. The average molecular weight is 535 g/mol. The SMILES string of the molecule is CC1=CC[C]([Hf+2]=[C](C)C)=C1C1c2ccccc2-c2ccccc21.[Cl-].[Cl-]. The van der Waals surface area contributed by atoms with E-state index in [1.54, 1.807) is 12.2 Å². The van der Waals surface area contributed by atoms with Gasteiger partial charge in [0.15, 0.2) is 0 Å². The van der Waals surface area contributed by atoms with Crippen LogP contribution >= 0.6 is 0 Å². The van der Waals surface area contributed by atoms with E-state index < -0.39 is 22.4 Å². The normalized spacial score (nSPS) is 14.8. The van der Waals surface area contributed by atoms with E-state index in [1.165, 1.54) is 34.2 Å². The molecule has 4 rings (SSSR count). The van der Waals surface area contributed by atoms with Gasteiger partial charge in [-0.1, -0.05) is 0 Å². The van der Waals surface area contributed by atoms with E-state index in [9.17, 15) is 0 Å². The monoisotopic (exact) mass is 535 g/mol. The van der Waals surface area contributed by atoms with E-state index in [1.807, 2.05) is 0 Å². The standard InChI is InChI=1S/C19H15.C3H6.2ClH.Hf/c1-13-7-6-12-14(13)19-17-10-4-2-8-15(17)16-9-3-5-11-18(16)19;1-3-2;;;/h2-5,7-11,19H,6H2,1H3;1-2H3;2*1H;/q;;;;+2/p-2. The van der Waals surface area contributed by atoms with Crippen LogP contribution in [0.3, 0.4) is 0 Å². The summed E-state index contributed by atoms with van der Waals surface area (Å²) in [5.74, 6) is 0.461. The topological polar surface area (TPSA) is 0 Å². The maximum Gasteiger partial charge on any atom is -1.00 e. The summed E-state index contributed by atoms with van der Waals surface area (Å²) in [7, 11) is 0. The van der Waals surface area contributed by atoms with Gasteiger partial charge in [-0.2, -0.15) is 0 Å². The van der Waals surface area contributed by atoms with Crippen LogP contribution in [0.15, 0.2) is 69.1 Å². The molecule has 0 nitrogen and oxygen atoms in total. The maximum absolute atomic E-state index is 2.46. The zero-order chi connectivity index (χ0) is 16.0. The van der Waals surface area contributed by atoms with Crippen LogP contribution in [0.4, 0.5) is 0 Å². The Labute approximate surface area is 174 Å². The number of benzene rings is 2. The van der Waals surface area contributed by atoms with Gasteiger partial charge in [-0.3, -0.25) is 0 Å². The third-order valence-electron chi connectivity index (χ3n) is 4.89. The molecule has 0 saturated carbocycles. The summed E-state index contributed by atoms with van der Waals surface area (Å²) in [6.45, 7) is 6.98. The summed E-state index contributed by atoms with van der Waals surface area (Å²) in [5, 5.41) is 0. The minimum absolute atomic E-state index is 0. The Kier molecular flexibility index (Phi) is 6.81. The molecule has 0 radical (unpaired) electrons. The molecule has 0 amide bonds. The largest absolute Gasteiger partial charge is 1.00 e. The van der Waals surface area contributed by atoms with Crippen molar-refractivity contribution < 1.29 is 47.2 Å². The van der Waals surface area contributed by atoms with Gasteiger partial charge in [-0.15, -0.1) is 0 Å². The molecule has 0 bridgehead atoms. The molecule has 0 fully saturated rings. The van der Waals surface area contributed by atoms with E-state index in [2.05, 4.69) is 75.4 Å². The molecule has 2 aliphatic carbocycles. The van der Waals surface area contributed by atoms with Crippen molar-refractivity contribution in [2.24, 2.45) is 0 Å². The second kappa shape index (κ2) is 8.29. The van der Waals surface area contributed by atoms with Crippen LogP contribution in [0, 0.1) is 0 Å². The summed E-state index contributed by atoms with van der Waals surface area (Å²) >= 11 is -0.797. The first-order chi connectivity index (χ1) is 11.2. The van der Waals surface area contributed by atoms with Crippen LogP contribution in [-0.2, 0) is 22.4 Å². The van der Waals surface area contributed by atoms with Crippen LogP contribution in [-0.4, -0.2) is 3.26 Å². The molecule has 0 saturated heterocycles. The number of allylic oxidation sites excluding steroid dienone is 4. The molecule has 25 heavy (non-hydrogen) atoms. The third-order valence-corrected chi connectivity index (χ3v) is 9.47. The van der Waals surface area contributed by atoms with E-state index in [0.29, 0.717) is 5.92 Å². The number of fused-ring (bicyclic) bond motifs is 3. The predicted molar refractivity (Wildman–Crippen MR) is 95.5 cm³/mol. The second-order valence-electron chi connectivity index (χ2n) is 6.72. The van der Waals surface area contributed by atoms with E-state index in [0.717, 1.165) is 0 Å². The molecule has 2 aromatic carbocycles. The van der Waals surface area contributed by atoms with Crippen molar-refractivity contribution in [3.63, 3.8) is 0 Å². The first-order valence-corrected chi connectivity index (χ1v) is 11.9. The summed E-state index contributed by atoms with van der Waals surface area (Å²) in [6, 6.07) is 18.0. The molecule has 0 unspecified atom stereocenters. The van der Waals surface area contributed by atoms with Gasteiger partial charge >= 0.3 is 150 Å². The Morgan fingerprint density at radius 1 is 0.880 bits per heavy atom. The van der Waals surface area contributed by atoms with Gasteiger partial charge in [-0.25, -0.2) is 0 Å². The van der Waals surface area contributed by atoms with Crippen molar-refractivity contribution in [1.82, 2.24) is 0 Å². The molecule has 0 N–H and O–H groups in total. The van der Waals surface area contributed by atoms with Crippen LogP contribution in [0.5, 0.6) is 0 Å². The fourth-order valence-corrected chi connectivity index (χ4v) is 8.61. The van der Waals surface area contributed by atoms with Gasteiger partial charge in [0.2, 0.25) is 0 Å². The summed E-state index contributed by atoms with van der Waals surface area (Å²) in [5.41, 5.74) is 9.06. The van der Waals surface area contributed by atoms with Gasteiger partial charge in [0, 0.05) is 0 Å². The molecule has 0 atom stereocenters. The Hall–Kier alpha value is -0.760. The van der Waals surface area contributed by atoms with Crippen molar-refractivity contribution in [3.05, 3.63) is 80.2 Å². The quantitative estimate of drug-likeness (QED) is 0.465. The van der Waals surface area contributed by atoms with Crippen LogP contribution in [0.1, 0.15) is 44.2 Å². The van der Waals surface area contributed by atoms with Crippen LogP contribution in [0.25, 0.3) is 11.1 Å². The third kappa shape index (κ3) is 3.56. The van der Waals surface area contributed by atoms with Gasteiger partial charge in [-0.05, 0) is 0 Å². The molecule has 3 heteroatoms. The average Bonchev–Trinajstić information content (AvgIpc) is 3.05. The molecular weight excluding hydrogens is 514 g/mol. The number of halogens is 2. The van der Waals surface area contributed by atoms with Crippen LogP contribution < -0.4 is 24.8 Å². The van der Waals surface area contributed by atoms with Crippen LogP contribution in [0.2, 0.25) is 0 Å². The minimum atomic E-state index is -0.797. The second-order valence-corrected chi connectivity index (χ2v) is 13.4. The smallest absolute Gasteiger partial charge is 1.00 e. The van der Waals surface area contributed by atoms with Gasteiger partial charge in [0.1, 0.15) is 0 Å².